The first-order valence-corrected chi connectivity index (χ1v) is 10.8. The van der Waals surface area contributed by atoms with Gasteiger partial charge in [-0.05, 0) is 12.8 Å². The fourth-order valence-electron chi connectivity index (χ4n) is 3.09. The Kier molecular flexibility index (Phi) is 20.8. The van der Waals surface area contributed by atoms with E-state index in [1.54, 1.807) is 0 Å². The molecule has 3 nitrogen and oxygen atoms in total. The normalized spacial score (nSPS) is 11.5. The van der Waals surface area contributed by atoms with Crippen molar-refractivity contribution in [3.05, 3.63) is 0 Å². The molecule has 3 heteroatoms. The van der Waals surface area contributed by atoms with Gasteiger partial charge >= 0.3 is 0 Å². The monoisotopic (exact) mass is 343 g/mol. The smallest absolute Gasteiger partial charge is 0.0685 e. The highest BCUT2D eigenvalue weighted by Gasteiger charge is 2.02. The van der Waals surface area contributed by atoms with Crippen LogP contribution in [0.5, 0.6) is 0 Å². The molecule has 0 saturated heterocycles. The van der Waals surface area contributed by atoms with Crippen LogP contribution in [0.3, 0.4) is 0 Å². The molecule has 0 aromatic carbocycles. The Morgan fingerprint density at radius 3 is 1.46 bits per heavy atom. The van der Waals surface area contributed by atoms with Gasteiger partial charge in [0.15, 0.2) is 0 Å². The maximum Gasteiger partial charge on any atom is 0.0685 e. The molecule has 0 radical (unpaired) electrons. The Labute approximate surface area is 152 Å². The van der Waals surface area contributed by atoms with Crippen LogP contribution in [0.15, 0.2) is 0 Å². The zero-order valence-electron chi connectivity index (χ0n) is 16.7. The van der Waals surface area contributed by atoms with Gasteiger partial charge in [-0.2, -0.15) is 5.06 Å². The first-order chi connectivity index (χ1) is 11.8. The topological polar surface area (TPSA) is 32.7 Å². The van der Waals surface area contributed by atoms with Crippen molar-refractivity contribution < 1.29 is 9.94 Å². The minimum absolute atomic E-state index is 0.179. The Morgan fingerprint density at radius 2 is 1.04 bits per heavy atom. The number of aliphatic hydroxyl groups is 1. The molecule has 0 rings (SSSR count). The molecule has 0 amide bonds. The Hall–Kier alpha value is -0.120. The fourth-order valence-corrected chi connectivity index (χ4v) is 3.09. The number of unbranched alkanes of at least 4 members (excludes halogenated alkanes) is 13. The molecule has 0 saturated carbocycles. The van der Waals surface area contributed by atoms with E-state index in [4.69, 9.17) is 9.94 Å². The highest BCUT2D eigenvalue weighted by molar-refractivity contribution is 4.49. The van der Waals surface area contributed by atoms with Crippen LogP contribution in [0.1, 0.15) is 110 Å². The summed E-state index contributed by atoms with van der Waals surface area (Å²) < 4.78 is 0. The average Bonchev–Trinajstić information content (AvgIpc) is 2.58. The molecule has 0 unspecified atom stereocenters. The SMILES string of the molecule is CCCCCCCCCCCCCCCCON(CCC)CCO. The summed E-state index contributed by atoms with van der Waals surface area (Å²) in [6, 6.07) is 0. The third kappa shape index (κ3) is 18.2. The summed E-state index contributed by atoms with van der Waals surface area (Å²) in [6.07, 6.45) is 20.5. The Bertz CT molecular complexity index is 218. The second-order valence-electron chi connectivity index (χ2n) is 7.08. The molecule has 0 aliphatic carbocycles. The zero-order valence-corrected chi connectivity index (χ0v) is 16.7. The van der Waals surface area contributed by atoms with Crippen molar-refractivity contribution in [2.24, 2.45) is 0 Å². The maximum atomic E-state index is 8.97. The van der Waals surface area contributed by atoms with Crippen molar-refractivity contribution in [3.63, 3.8) is 0 Å². The van der Waals surface area contributed by atoms with Crippen molar-refractivity contribution in [1.29, 1.82) is 0 Å². The molecule has 0 aromatic rings. The number of hydrogen-bond donors (Lipinski definition) is 1. The summed E-state index contributed by atoms with van der Waals surface area (Å²) in [5.74, 6) is 0. The van der Waals surface area contributed by atoms with Crippen molar-refractivity contribution in [2.45, 2.75) is 110 Å². The molecule has 0 aliphatic rings. The van der Waals surface area contributed by atoms with E-state index < -0.39 is 0 Å². The summed E-state index contributed by atoms with van der Waals surface area (Å²) in [7, 11) is 0. The predicted molar refractivity (Wildman–Crippen MR) is 105 cm³/mol. The largest absolute Gasteiger partial charge is 0.395 e. The van der Waals surface area contributed by atoms with Crippen LogP contribution in [0, 0.1) is 0 Å². The van der Waals surface area contributed by atoms with Gasteiger partial charge in [-0.1, -0.05) is 97.3 Å². The van der Waals surface area contributed by atoms with Crippen molar-refractivity contribution >= 4 is 0 Å². The summed E-state index contributed by atoms with van der Waals surface area (Å²) >= 11 is 0. The number of nitrogens with zero attached hydrogens (tertiary/aromatic N) is 1. The van der Waals surface area contributed by atoms with Gasteiger partial charge in [-0.3, -0.25) is 4.84 Å². The molecule has 24 heavy (non-hydrogen) atoms. The Balaban J connectivity index is 3.14. The Morgan fingerprint density at radius 1 is 0.583 bits per heavy atom. The molecule has 1 N–H and O–H groups in total. The van der Waals surface area contributed by atoms with Crippen LogP contribution >= 0.6 is 0 Å². The average molecular weight is 344 g/mol. The van der Waals surface area contributed by atoms with E-state index in [-0.39, 0.29) is 6.61 Å². The van der Waals surface area contributed by atoms with Gasteiger partial charge in [0.2, 0.25) is 0 Å². The molecule has 0 bridgehead atoms. The quantitative estimate of drug-likeness (QED) is 0.214. The fraction of sp³-hybridized carbons (Fsp3) is 1.00. The van der Waals surface area contributed by atoms with E-state index in [1.807, 2.05) is 5.06 Å². The van der Waals surface area contributed by atoms with E-state index in [2.05, 4.69) is 13.8 Å². The van der Waals surface area contributed by atoms with Crippen molar-refractivity contribution in [2.75, 3.05) is 26.3 Å². The van der Waals surface area contributed by atoms with Crippen molar-refractivity contribution in [1.82, 2.24) is 5.06 Å². The first-order valence-electron chi connectivity index (χ1n) is 10.8. The summed E-state index contributed by atoms with van der Waals surface area (Å²) in [5, 5.41) is 10.9. The molecule has 0 heterocycles. The molecule has 0 atom stereocenters. The number of hydrogen-bond acceptors (Lipinski definition) is 3. The van der Waals surface area contributed by atoms with Gasteiger partial charge in [0.1, 0.15) is 0 Å². The maximum absolute atomic E-state index is 8.97. The molecule has 0 aromatic heterocycles. The highest BCUT2D eigenvalue weighted by atomic mass is 16.7. The summed E-state index contributed by atoms with van der Waals surface area (Å²) in [6.45, 7) is 6.95. The van der Waals surface area contributed by atoms with Gasteiger partial charge in [-0.25, -0.2) is 0 Å². The van der Waals surface area contributed by atoms with Gasteiger partial charge < -0.3 is 5.11 Å². The first kappa shape index (κ1) is 23.9. The lowest BCUT2D eigenvalue weighted by molar-refractivity contribution is -0.164. The van der Waals surface area contributed by atoms with Crippen LogP contribution in [0.25, 0.3) is 0 Å². The minimum Gasteiger partial charge on any atom is -0.395 e. The number of aliphatic hydroxyl groups excluding tert-OH is 1. The number of hydroxylamine groups is 2. The predicted octanol–water partition coefficient (Wildman–Crippen LogP) is 6.10. The van der Waals surface area contributed by atoms with Gasteiger partial charge in [0.25, 0.3) is 0 Å². The second-order valence-corrected chi connectivity index (χ2v) is 7.08. The highest BCUT2D eigenvalue weighted by Crippen LogP contribution is 2.13. The molecule has 0 fully saturated rings. The molecular weight excluding hydrogens is 298 g/mol. The van der Waals surface area contributed by atoms with Crippen LogP contribution in [0.4, 0.5) is 0 Å². The van der Waals surface area contributed by atoms with Crippen molar-refractivity contribution in [3.8, 4) is 0 Å². The standard InChI is InChI=1S/C21H45NO2/c1-3-5-6-7-8-9-10-11-12-13-14-15-16-17-21-24-22(18-4-2)19-20-23/h23H,3-21H2,1-2H3. The van der Waals surface area contributed by atoms with E-state index in [0.717, 1.165) is 26.0 Å². The zero-order chi connectivity index (χ0) is 17.7. The van der Waals surface area contributed by atoms with E-state index in [1.165, 1.54) is 83.5 Å². The summed E-state index contributed by atoms with van der Waals surface area (Å²) in [4.78, 5) is 5.70. The lowest BCUT2D eigenvalue weighted by Gasteiger charge is -2.19. The minimum atomic E-state index is 0.179. The van der Waals surface area contributed by atoms with Gasteiger partial charge in [0, 0.05) is 13.1 Å². The molecule has 146 valence electrons. The summed E-state index contributed by atoms with van der Waals surface area (Å²) in [5.41, 5.74) is 0. The third-order valence-electron chi connectivity index (χ3n) is 4.59. The second kappa shape index (κ2) is 20.9. The van der Waals surface area contributed by atoms with E-state index >= 15 is 0 Å². The van der Waals surface area contributed by atoms with Crippen LogP contribution in [-0.2, 0) is 4.84 Å². The van der Waals surface area contributed by atoms with Gasteiger partial charge in [-0.15, -0.1) is 0 Å². The molecular formula is C21H45NO2. The lowest BCUT2D eigenvalue weighted by atomic mass is 10.0. The van der Waals surface area contributed by atoms with E-state index in [9.17, 15) is 0 Å². The lowest BCUT2D eigenvalue weighted by Crippen LogP contribution is -2.28. The number of rotatable bonds is 20. The molecule has 0 spiro atoms. The van der Waals surface area contributed by atoms with Crippen LogP contribution < -0.4 is 0 Å². The van der Waals surface area contributed by atoms with Crippen LogP contribution in [-0.4, -0.2) is 36.5 Å². The third-order valence-corrected chi connectivity index (χ3v) is 4.59. The van der Waals surface area contributed by atoms with E-state index in [0.29, 0.717) is 6.54 Å². The van der Waals surface area contributed by atoms with Gasteiger partial charge in [0.05, 0.1) is 13.2 Å². The molecule has 0 aliphatic heterocycles. The van der Waals surface area contributed by atoms with Crippen LogP contribution in [0.2, 0.25) is 0 Å².